The van der Waals surface area contributed by atoms with Crippen molar-refractivity contribution in [1.82, 2.24) is 19.6 Å². The van der Waals surface area contributed by atoms with E-state index in [1.807, 2.05) is 23.9 Å². The lowest BCUT2D eigenvalue weighted by molar-refractivity contribution is 0.567. The zero-order chi connectivity index (χ0) is 15.1. The maximum Gasteiger partial charge on any atom is 0.250 e. The minimum atomic E-state index is -3.37. The number of unbranched alkanes of at least 4 members (excludes halogenated alkanes) is 1. The number of hydrogen-bond acceptors (Lipinski definition) is 5. The summed E-state index contributed by atoms with van der Waals surface area (Å²) in [6, 6.07) is 3.50. The number of nitrogens with zero attached hydrogens (tertiary/aromatic N) is 2. The molecule has 6 nitrogen and oxygen atoms in total. The van der Waals surface area contributed by atoms with Gasteiger partial charge in [0.1, 0.15) is 4.21 Å². The summed E-state index contributed by atoms with van der Waals surface area (Å²) < 4.78 is 29.2. The summed E-state index contributed by atoms with van der Waals surface area (Å²) in [6.45, 7) is 1.99. The van der Waals surface area contributed by atoms with E-state index in [9.17, 15) is 8.42 Å². The molecule has 21 heavy (non-hydrogen) atoms. The lowest BCUT2D eigenvalue weighted by Gasteiger charge is -2.05. The van der Waals surface area contributed by atoms with Gasteiger partial charge >= 0.3 is 0 Å². The molecule has 0 spiro atoms. The molecular weight excluding hydrogens is 308 g/mol. The second-order valence-electron chi connectivity index (χ2n) is 4.66. The molecule has 2 aromatic rings. The van der Waals surface area contributed by atoms with E-state index in [0.717, 1.165) is 24.3 Å². The number of nitrogens with one attached hydrogen (secondary N) is 2. The highest BCUT2D eigenvalue weighted by atomic mass is 32.2. The molecule has 0 atom stereocenters. The quantitative estimate of drug-likeness (QED) is 0.683. The molecule has 0 amide bonds. The van der Waals surface area contributed by atoms with Gasteiger partial charge in [0.15, 0.2) is 0 Å². The molecule has 0 unspecified atom stereocenters. The first kappa shape index (κ1) is 16.2. The molecule has 0 fully saturated rings. The van der Waals surface area contributed by atoms with Gasteiger partial charge < -0.3 is 9.88 Å². The van der Waals surface area contributed by atoms with Crippen LogP contribution in [0.2, 0.25) is 0 Å². The summed E-state index contributed by atoms with van der Waals surface area (Å²) >= 11 is 1.30. The monoisotopic (exact) mass is 328 g/mol. The van der Waals surface area contributed by atoms with Gasteiger partial charge in [0.2, 0.25) is 10.0 Å². The molecule has 2 aromatic heterocycles. The standard InChI is InChI=1S/C13H20N4O2S2/c1-14-10-12-4-5-13(20-12)21(18,19)16-6-2-3-8-17-9-7-15-11-17/h4-5,7,9,11,14,16H,2-3,6,8,10H2,1H3. The Kier molecular flexibility index (Phi) is 5.92. The maximum atomic E-state index is 12.1. The van der Waals surface area contributed by atoms with Crippen LogP contribution in [0.1, 0.15) is 17.7 Å². The van der Waals surface area contributed by atoms with Gasteiger partial charge in [-0.25, -0.2) is 18.1 Å². The Labute approximate surface area is 129 Å². The molecule has 0 aromatic carbocycles. The Balaban J connectivity index is 1.75. The molecule has 2 heterocycles. The largest absolute Gasteiger partial charge is 0.337 e. The summed E-state index contributed by atoms with van der Waals surface area (Å²) in [4.78, 5) is 4.98. The van der Waals surface area contributed by atoms with Crippen molar-refractivity contribution in [3.63, 3.8) is 0 Å². The van der Waals surface area contributed by atoms with E-state index in [4.69, 9.17) is 0 Å². The molecule has 2 rings (SSSR count). The van der Waals surface area contributed by atoms with Gasteiger partial charge in [-0.3, -0.25) is 0 Å². The SMILES string of the molecule is CNCc1ccc(S(=O)(=O)NCCCCn2ccnc2)s1. The van der Waals surface area contributed by atoms with Crippen LogP contribution in [-0.4, -0.2) is 31.6 Å². The van der Waals surface area contributed by atoms with Gasteiger partial charge in [-0.2, -0.15) is 0 Å². The van der Waals surface area contributed by atoms with Crippen LogP contribution in [0, 0.1) is 0 Å². The summed E-state index contributed by atoms with van der Waals surface area (Å²) in [5.74, 6) is 0. The number of rotatable bonds is 9. The third kappa shape index (κ3) is 4.92. The van der Waals surface area contributed by atoms with Gasteiger partial charge in [-0.1, -0.05) is 0 Å². The third-order valence-electron chi connectivity index (χ3n) is 2.95. The zero-order valence-electron chi connectivity index (χ0n) is 11.9. The predicted octanol–water partition coefficient (Wildman–Crippen LogP) is 1.42. The fourth-order valence-electron chi connectivity index (χ4n) is 1.89. The molecule has 0 bridgehead atoms. The molecule has 0 aliphatic carbocycles. The number of thiophene rings is 1. The second-order valence-corrected chi connectivity index (χ2v) is 7.82. The van der Waals surface area contributed by atoms with Crippen molar-refractivity contribution in [3.05, 3.63) is 35.7 Å². The average molecular weight is 328 g/mol. The fraction of sp³-hybridized carbons (Fsp3) is 0.462. The molecule has 0 radical (unpaired) electrons. The highest BCUT2D eigenvalue weighted by Crippen LogP contribution is 2.21. The number of imidazole rings is 1. The predicted molar refractivity (Wildman–Crippen MR) is 83.7 cm³/mol. The molecule has 0 saturated carbocycles. The van der Waals surface area contributed by atoms with Crippen molar-refractivity contribution in [1.29, 1.82) is 0 Å². The molecule has 8 heteroatoms. The van der Waals surface area contributed by atoms with E-state index in [-0.39, 0.29) is 0 Å². The van der Waals surface area contributed by atoms with Crippen LogP contribution in [-0.2, 0) is 23.1 Å². The van der Waals surface area contributed by atoms with E-state index >= 15 is 0 Å². The van der Waals surface area contributed by atoms with Crippen LogP contribution in [0.3, 0.4) is 0 Å². The Morgan fingerprint density at radius 1 is 1.33 bits per heavy atom. The smallest absolute Gasteiger partial charge is 0.250 e. The van der Waals surface area contributed by atoms with Crippen molar-refractivity contribution >= 4 is 21.4 Å². The van der Waals surface area contributed by atoms with Gasteiger partial charge in [-0.05, 0) is 32.0 Å². The van der Waals surface area contributed by atoms with Crippen molar-refractivity contribution in [2.24, 2.45) is 0 Å². The molecule has 0 aliphatic heterocycles. The van der Waals surface area contributed by atoms with Gasteiger partial charge in [-0.15, -0.1) is 11.3 Å². The van der Waals surface area contributed by atoms with Crippen molar-refractivity contribution in [2.75, 3.05) is 13.6 Å². The van der Waals surface area contributed by atoms with Crippen LogP contribution in [0.15, 0.2) is 35.1 Å². The second kappa shape index (κ2) is 7.69. The van der Waals surface area contributed by atoms with Crippen LogP contribution in [0.4, 0.5) is 0 Å². The molecule has 0 saturated heterocycles. The number of aromatic nitrogens is 2. The van der Waals surface area contributed by atoms with Crippen LogP contribution < -0.4 is 10.0 Å². The minimum Gasteiger partial charge on any atom is -0.337 e. The average Bonchev–Trinajstić information content (AvgIpc) is 3.10. The molecule has 0 aliphatic rings. The Morgan fingerprint density at radius 3 is 2.90 bits per heavy atom. The third-order valence-corrected chi connectivity index (χ3v) is 5.99. The maximum absolute atomic E-state index is 12.1. The topological polar surface area (TPSA) is 76.0 Å². The Bertz CT molecular complexity index is 635. The van der Waals surface area contributed by atoms with Gasteiger partial charge in [0.25, 0.3) is 0 Å². The highest BCUT2D eigenvalue weighted by molar-refractivity contribution is 7.91. The zero-order valence-corrected chi connectivity index (χ0v) is 13.6. The Hall–Kier alpha value is -1.22. The van der Waals surface area contributed by atoms with Gasteiger partial charge in [0, 0.05) is 36.9 Å². The Morgan fingerprint density at radius 2 is 2.19 bits per heavy atom. The summed E-state index contributed by atoms with van der Waals surface area (Å²) in [7, 11) is -1.53. The van der Waals surface area contributed by atoms with Crippen molar-refractivity contribution in [2.45, 2.75) is 30.1 Å². The van der Waals surface area contributed by atoms with E-state index < -0.39 is 10.0 Å². The van der Waals surface area contributed by atoms with Crippen molar-refractivity contribution in [3.8, 4) is 0 Å². The minimum absolute atomic E-state index is 0.377. The number of sulfonamides is 1. The first-order chi connectivity index (χ1) is 10.1. The van der Waals surface area contributed by atoms with Gasteiger partial charge in [0.05, 0.1) is 6.33 Å². The van der Waals surface area contributed by atoms with Crippen molar-refractivity contribution < 1.29 is 8.42 Å². The summed E-state index contributed by atoms with van der Waals surface area (Å²) in [5, 5.41) is 3.01. The lowest BCUT2D eigenvalue weighted by atomic mass is 10.3. The number of hydrogen-bond donors (Lipinski definition) is 2. The first-order valence-electron chi connectivity index (χ1n) is 6.80. The van der Waals surface area contributed by atoms with E-state index in [1.165, 1.54) is 11.3 Å². The summed E-state index contributed by atoms with van der Waals surface area (Å²) in [6.07, 6.45) is 7.11. The number of aryl methyl sites for hydroxylation is 1. The lowest BCUT2D eigenvalue weighted by Crippen LogP contribution is -2.24. The summed E-state index contributed by atoms with van der Waals surface area (Å²) in [5.41, 5.74) is 0. The first-order valence-corrected chi connectivity index (χ1v) is 9.10. The molecule has 116 valence electrons. The molecular formula is C13H20N4O2S2. The fourth-order valence-corrected chi connectivity index (χ4v) is 4.37. The van der Waals surface area contributed by atoms with Crippen LogP contribution in [0.5, 0.6) is 0 Å². The van der Waals surface area contributed by atoms with E-state index in [0.29, 0.717) is 17.3 Å². The van der Waals surface area contributed by atoms with Crippen LogP contribution in [0.25, 0.3) is 0 Å². The normalized spacial score (nSPS) is 11.9. The van der Waals surface area contributed by atoms with E-state index in [1.54, 1.807) is 18.6 Å². The molecule has 2 N–H and O–H groups in total. The van der Waals surface area contributed by atoms with E-state index in [2.05, 4.69) is 15.0 Å². The highest BCUT2D eigenvalue weighted by Gasteiger charge is 2.15. The van der Waals surface area contributed by atoms with Crippen LogP contribution >= 0.6 is 11.3 Å².